The Balaban J connectivity index is 2.25. The van der Waals surface area contributed by atoms with Gasteiger partial charge in [0.05, 0.1) is 11.4 Å². The predicted molar refractivity (Wildman–Crippen MR) is 74.9 cm³/mol. The fraction of sp³-hybridized carbons (Fsp3) is 0.500. The van der Waals surface area contributed by atoms with Gasteiger partial charge in [-0.25, -0.2) is 0 Å². The lowest BCUT2D eigenvalue weighted by atomic mass is 10.1. The average molecular weight is 247 g/mol. The zero-order valence-corrected chi connectivity index (χ0v) is 11.1. The molecule has 1 saturated carbocycles. The highest BCUT2D eigenvalue weighted by Crippen LogP contribution is 2.33. The third kappa shape index (κ3) is 2.75. The molecule has 0 aliphatic heterocycles. The molecule has 0 atom stereocenters. The molecule has 3 N–H and O–H groups in total. The van der Waals surface area contributed by atoms with Crippen LogP contribution in [-0.4, -0.2) is 26.0 Å². The standard InChI is InChI=1S/C14H21N3O/c1-3-17(9-10-4-5-10)13-8-11(14(18)16-2)6-7-12(13)15/h6-8,10H,3-5,9,15H2,1-2H3,(H,16,18). The zero-order valence-electron chi connectivity index (χ0n) is 11.1. The van der Waals surface area contributed by atoms with E-state index in [1.807, 2.05) is 12.1 Å². The van der Waals surface area contributed by atoms with Gasteiger partial charge in [0.25, 0.3) is 5.91 Å². The van der Waals surface area contributed by atoms with E-state index < -0.39 is 0 Å². The lowest BCUT2D eigenvalue weighted by Crippen LogP contribution is -2.27. The fourth-order valence-electron chi connectivity index (χ4n) is 2.11. The van der Waals surface area contributed by atoms with Crippen LogP contribution in [0.5, 0.6) is 0 Å². The third-order valence-electron chi connectivity index (χ3n) is 3.42. The Hall–Kier alpha value is -1.71. The molecule has 1 aliphatic rings. The van der Waals surface area contributed by atoms with Crippen LogP contribution in [-0.2, 0) is 0 Å². The smallest absolute Gasteiger partial charge is 0.251 e. The zero-order chi connectivity index (χ0) is 13.1. The number of nitrogen functional groups attached to an aromatic ring is 1. The first-order valence-corrected chi connectivity index (χ1v) is 6.52. The Kier molecular flexibility index (Phi) is 3.75. The van der Waals surface area contributed by atoms with Gasteiger partial charge in [-0.1, -0.05) is 0 Å². The SMILES string of the molecule is CCN(CC1CC1)c1cc(C(=O)NC)ccc1N. The monoisotopic (exact) mass is 247 g/mol. The number of amides is 1. The largest absolute Gasteiger partial charge is 0.397 e. The fourth-order valence-corrected chi connectivity index (χ4v) is 2.11. The van der Waals surface area contributed by atoms with Crippen molar-refractivity contribution in [2.75, 3.05) is 30.8 Å². The van der Waals surface area contributed by atoms with Gasteiger partial charge in [-0.3, -0.25) is 4.79 Å². The number of benzene rings is 1. The number of nitrogens with zero attached hydrogens (tertiary/aromatic N) is 1. The molecule has 0 aromatic heterocycles. The van der Waals surface area contributed by atoms with Gasteiger partial charge >= 0.3 is 0 Å². The number of nitrogens with two attached hydrogens (primary N) is 1. The second kappa shape index (κ2) is 5.29. The lowest BCUT2D eigenvalue weighted by Gasteiger charge is -2.25. The summed E-state index contributed by atoms with van der Waals surface area (Å²) in [5.74, 6) is 0.728. The highest BCUT2D eigenvalue weighted by Gasteiger charge is 2.24. The van der Waals surface area contributed by atoms with Crippen molar-refractivity contribution < 1.29 is 4.79 Å². The van der Waals surface area contributed by atoms with Crippen molar-refractivity contribution in [3.05, 3.63) is 23.8 Å². The number of carbonyl (C=O) groups is 1. The summed E-state index contributed by atoms with van der Waals surface area (Å²) >= 11 is 0. The predicted octanol–water partition coefficient (Wildman–Crippen LogP) is 1.86. The van der Waals surface area contributed by atoms with Gasteiger partial charge in [-0.15, -0.1) is 0 Å². The number of anilines is 2. The third-order valence-corrected chi connectivity index (χ3v) is 3.42. The van der Waals surface area contributed by atoms with Gasteiger partial charge in [-0.05, 0) is 43.9 Å². The highest BCUT2D eigenvalue weighted by atomic mass is 16.1. The molecule has 1 amide bonds. The van der Waals surface area contributed by atoms with E-state index in [1.165, 1.54) is 12.8 Å². The molecule has 0 saturated heterocycles. The molecule has 0 radical (unpaired) electrons. The van der Waals surface area contributed by atoms with Crippen molar-refractivity contribution in [3.63, 3.8) is 0 Å². The van der Waals surface area contributed by atoms with E-state index in [1.54, 1.807) is 13.1 Å². The van der Waals surface area contributed by atoms with Crippen LogP contribution in [0.4, 0.5) is 11.4 Å². The molecular formula is C14H21N3O. The van der Waals surface area contributed by atoms with Crippen molar-refractivity contribution in [3.8, 4) is 0 Å². The van der Waals surface area contributed by atoms with Crippen molar-refractivity contribution >= 4 is 17.3 Å². The first-order chi connectivity index (χ1) is 8.65. The van der Waals surface area contributed by atoms with Gasteiger partial charge < -0.3 is 16.0 Å². The number of rotatable bonds is 5. The minimum atomic E-state index is -0.0706. The van der Waals surface area contributed by atoms with Crippen LogP contribution in [0.25, 0.3) is 0 Å². The minimum Gasteiger partial charge on any atom is -0.397 e. The van der Waals surface area contributed by atoms with Crippen LogP contribution in [0.2, 0.25) is 0 Å². The molecule has 1 fully saturated rings. The molecular weight excluding hydrogens is 226 g/mol. The molecule has 0 spiro atoms. The molecule has 98 valence electrons. The minimum absolute atomic E-state index is 0.0706. The second-order valence-corrected chi connectivity index (χ2v) is 4.83. The molecule has 18 heavy (non-hydrogen) atoms. The topological polar surface area (TPSA) is 58.4 Å². The first-order valence-electron chi connectivity index (χ1n) is 6.52. The molecule has 0 bridgehead atoms. The normalized spacial score (nSPS) is 14.3. The Bertz CT molecular complexity index is 441. The molecule has 0 unspecified atom stereocenters. The van der Waals surface area contributed by atoms with Gasteiger partial charge in [0.15, 0.2) is 0 Å². The van der Waals surface area contributed by atoms with Crippen LogP contribution in [0.3, 0.4) is 0 Å². The van der Waals surface area contributed by atoms with Crippen LogP contribution in [0, 0.1) is 5.92 Å². The summed E-state index contributed by atoms with van der Waals surface area (Å²) in [5, 5.41) is 2.64. The van der Waals surface area contributed by atoms with E-state index in [0.717, 1.165) is 30.4 Å². The molecule has 4 heteroatoms. The maximum Gasteiger partial charge on any atom is 0.251 e. The van der Waals surface area contributed by atoms with E-state index in [0.29, 0.717) is 5.56 Å². The maximum absolute atomic E-state index is 11.7. The molecule has 1 aromatic carbocycles. The highest BCUT2D eigenvalue weighted by molar-refractivity contribution is 5.96. The second-order valence-electron chi connectivity index (χ2n) is 4.83. The van der Waals surface area contributed by atoms with E-state index in [2.05, 4.69) is 17.1 Å². The molecule has 2 rings (SSSR count). The summed E-state index contributed by atoms with van der Waals surface area (Å²) in [6.07, 6.45) is 2.62. The van der Waals surface area contributed by atoms with E-state index in [-0.39, 0.29) is 5.91 Å². The molecule has 4 nitrogen and oxygen atoms in total. The summed E-state index contributed by atoms with van der Waals surface area (Å²) in [7, 11) is 1.64. The molecule has 1 aromatic rings. The van der Waals surface area contributed by atoms with E-state index >= 15 is 0 Å². The van der Waals surface area contributed by atoms with E-state index in [4.69, 9.17) is 5.73 Å². The van der Waals surface area contributed by atoms with Crippen molar-refractivity contribution in [2.24, 2.45) is 5.92 Å². The maximum atomic E-state index is 11.7. The van der Waals surface area contributed by atoms with Gasteiger partial charge in [-0.2, -0.15) is 0 Å². The Morgan fingerprint density at radius 2 is 2.22 bits per heavy atom. The van der Waals surface area contributed by atoms with Crippen LogP contribution in [0.1, 0.15) is 30.1 Å². The first kappa shape index (κ1) is 12.7. The quantitative estimate of drug-likeness (QED) is 0.781. The summed E-state index contributed by atoms with van der Waals surface area (Å²) in [4.78, 5) is 13.9. The van der Waals surface area contributed by atoms with Gasteiger partial charge in [0, 0.05) is 25.7 Å². The number of nitrogens with one attached hydrogen (secondary N) is 1. The van der Waals surface area contributed by atoms with Crippen molar-refractivity contribution in [1.82, 2.24) is 5.32 Å². The Labute approximate surface area is 108 Å². The van der Waals surface area contributed by atoms with E-state index in [9.17, 15) is 4.79 Å². The summed E-state index contributed by atoms with van der Waals surface area (Å²) in [6, 6.07) is 5.47. The Morgan fingerprint density at radius 3 is 2.78 bits per heavy atom. The van der Waals surface area contributed by atoms with Crippen molar-refractivity contribution in [1.29, 1.82) is 0 Å². The molecule has 1 aliphatic carbocycles. The van der Waals surface area contributed by atoms with Gasteiger partial charge in [0.1, 0.15) is 0 Å². The molecule has 0 heterocycles. The Morgan fingerprint density at radius 1 is 1.50 bits per heavy atom. The van der Waals surface area contributed by atoms with Crippen LogP contribution < -0.4 is 16.0 Å². The summed E-state index contributed by atoms with van der Waals surface area (Å²) in [6.45, 7) is 4.07. The number of hydrogen-bond acceptors (Lipinski definition) is 3. The summed E-state index contributed by atoms with van der Waals surface area (Å²) < 4.78 is 0. The van der Waals surface area contributed by atoms with Crippen LogP contribution >= 0.6 is 0 Å². The number of carbonyl (C=O) groups excluding carboxylic acids is 1. The van der Waals surface area contributed by atoms with Gasteiger partial charge in [0.2, 0.25) is 0 Å². The lowest BCUT2D eigenvalue weighted by molar-refractivity contribution is 0.0963. The van der Waals surface area contributed by atoms with Crippen LogP contribution in [0.15, 0.2) is 18.2 Å². The average Bonchev–Trinajstić information content (AvgIpc) is 3.20. The number of hydrogen-bond donors (Lipinski definition) is 2. The summed E-state index contributed by atoms with van der Waals surface area (Å²) in [5.41, 5.74) is 8.41. The van der Waals surface area contributed by atoms with Crippen molar-refractivity contribution in [2.45, 2.75) is 19.8 Å².